The van der Waals surface area contributed by atoms with E-state index >= 15 is 0 Å². The molecule has 0 saturated heterocycles. The Kier molecular flexibility index (Phi) is 9.86. The van der Waals surface area contributed by atoms with Gasteiger partial charge in [0.2, 0.25) is 5.91 Å². The lowest BCUT2D eigenvalue weighted by Gasteiger charge is -2.05. The van der Waals surface area contributed by atoms with Crippen LogP contribution in [0.3, 0.4) is 0 Å². The highest BCUT2D eigenvalue weighted by atomic mass is 16.5. The topological polar surface area (TPSA) is 95.3 Å². The maximum absolute atomic E-state index is 11.6. The number of carbonyl (C=O) groups is 2. The number of amides is 1. The molecule has 0 aliphatic carbocycles. The quantitative estimate of drug-likeness (QED) is 0.537. The summed E-state index contributed by atoms with van der Waals surface area (Å²) in [5.41, 5.74) is 0.720. The predicted octanol–water partition coefficient (Wildman–Crippen LogP) is 0.953. The minimum Gasteiger partial charge on any atom is -0.371 e. The van der Waals surface area contributed by atoms with Crippen LogP contribution in [0.15, 0.2) is 6.20 Å². The van der Waals surface area contributed by atoms with Gasteiger partial charge in [-0.05, 0) is 25.7 Å². The normalized spacial score (nSPS) is 11.0. The monoisotopic (exact) mass is 340 g/mol. The van der Waals surface area contributed by atoms with E-state index < -0.39 is 0 Å². The highest BCUT2D eigenvalue weighted by Gasteiger charge is 2.05. The van der Waals surface area contributed by atoms with Crippen molar-refractivity contribution in [3.63, 3.8) is 0 Å². The van der Waals surface area contributed by atoms with Crippen LogP contribution in [-0.2, 0) is 32.2 Å². The van der Waals surface area contributed by atoms with Crippen LogP contribution in [0.4, 0.5) is 0 Å². The summed E-state index contributed by atoms with van der Waals surface area (Å²) in [5, 5.41) is 10.8. The Labute approximate surface area is 142 Å². The minimum atomic E-state index is -0.226. The molecule has 0 saturated carbocycles. The average Bonchev–Trinajstić information content (AvgIpc) is 2.96. The smallest absolute Gasteiger partial charge is 0.246 e. The van der Waals surface area contributed by atoms with Gasteiger partial charge in [-0.25, -0.2) is 0 Å². The van der Waals surface area contributed by atoms with Crippen molar-refractivity contribution < 1.29 is 19.1 Å². The van der Waals surface area contributed by atoms with E-state index in [2.05, 4.69) is 29.5 Å². The molecule has 0 bridgehead atoms. The second-order valence-corrected chi connectivity index (χ2v) is 6.09. The molecule has 0 aliphatic heterocycles. The van der Waals surface area contributed by atoms with Gasteiger partial charge in [0.05, 0.1) is 26.0 Å². The van der Waals surface area contributed by atoms with Crippen LogP contribution in [0.2, 0.25) is 0 Å². The summed E-state index contributed by atoms with van der Waals surface area (Å²) in [5.74, 6) is 0.418. The zero-order valence-electron chi connectivity index (χ0n) is 14.8. The Balaban J connectivity index is 2.09. The first-order valence-corrected chi connectivity index (χ1v) is 8.28. The van der Waals surface area contributed by atoms with Crippen molar-refractivity contribution in [1.29, 1.82) is 0 Å². The molecule has 1 rings (SSSR count). The van der Waals surface area contributed by atoms with E-state index in [9.17, 15) is 9.59 Å². The molecule has 0 aromatic carbocycles. The molecule has 8 nitrogen and oxygen atoms in total. The summed E-state index contributed by atoms with van der Waals surface area (Å²) >= 11 is 0. The molecule has 0 atom stereocenters. The Morgan fingerprint density at radius 2 is 1.96 bits per heavy atom. The number of carbonyl (C=O) groups excluding carboxylic acids is 2. The van der Waals surface area contributed by atoms with E-state index in [1.165, 1.54) is 6.92 Å². The van der Waals surface area contributed by atoms with E-state index in [0.717, 1.165) is 25.1 Å². The Morgan fingerprint density at radius 1 is 1.25 bits per heavy atom. The van der Waals surface area contributed by atoms with Gasteiger partial charge in [-0.1, -0.05) is 19.1 Å². The fourth-order valence-corrected chi connectivity index (χ4v) is 1.93. The summed E-state index contributed by atoms with van der Waals surface area (Å²) in [6, 6.07) is 0. The highest BCUT2D eigenvalue weighted by molar-refractivity contribution is 5.77. The van der Waals surface area contributed by atoms with Gasteiger partial charge in [0.1, 0.15) is 18.9 Å². The first-order chi connectivity index (χ1) is 11.5. The van der Waals surface area contributed by atoms with Gasteiger partial charge in [0, 0.05) is 6.54 Å². The van der Waals surface area contributed by atoms with Crippen molar-refractivity contribution in [1.82, 2.24) is 20.3 Å². The van der Waals surface area contributed by atoms with E-state index in [1.54, 1.807) is 4.68 Å². The van der Waals surface area contributed by atoms with E-state index in [4.69, 9.17) is 9.47 Å². The largest absolute Gasteiger partial charge is 0.371 e. The lowest BCUT2D eigenvalue weighted by molar-refractivity contribution is -0.127. The molecule has 8 heteroatoms. The maximum Gasteiger partial charge on any atom is 0.246 e. The first kappa shape index (κ1) is 20.2. The van der Waals surface area contributed by atoms with Crippen LogP contribution in [0, 0.1) is 5.92 Å². The summed E-state index contributed by atoms with van der Waals surface area (Å²) in [6.45, 7) is 7.59. The second kappa shape index (κ2) is 11.7. The van der Waals surface area contributed by atoms with E-state index in [0.29, 0.717) is 12.5 Å². The number of ketones is 1. The number of ether oxygens (including phenoxy) is 2. The fraction of sp³-hybridized carbons (Fsp3) is 0.750. The first-order valence-electron chi connectivity index (χ1n) is 8.28. The van der Waals surface area contributed by atoms with E-state index in [1.807, 2.05) is 6.20 Å². The van der Waals surface area contributed by atoms with Gasteiger partial charge in [0.15, 0.2) is 5.78 Å². The third-order valence-electron chi connectivity index (χ3n) is 3.13. The van der Waals surface area contributed by atoms with Crippen molar-refractivity contribution >= 4 is 11.7 Å². The molecule has 0 fully saturated rings. The van der Waals surface area contributed by atoms with Gasteiger partial charge in [-0.3, -0.25) is 14.3 Å². The van der Waals surface area contributed by atoms with Crippen LogP contribution < -0.4 is 5.32 Å². The molecule has 0 unspecified atom stereocenters. The van der Waals surface area contributed by atoms with Crippen LogP contribution >= 0.6 is 0 Å². The van der Waals surface area contributed by atoms with Gasteiger partial charge in [-0.2, -0.15) is 0 Å². The van der Waals surface area contributed by atoms with Crippen LogP contribution in [0.25, 0.3) is 0 Å². The number of aromatic nitrogens is 3. The second-order valence-electron chi connectivity index (χ2n) is 6.09. The molecule has 1 N–H and O–H groups in total. The summed E-state index contributed by atoms with van der Waals surface area (Å²) in [6.07, 6.45) is 4.06. The molecule has 1 aromatic rings. The fourth-order valence-electron chi connectivity index (χ4n) is 1.93. The molecular formula is C16H28N4O4. The number of aryl methyl sites for hydroxylation is 1. The molecule has 1 aromatic heterocycles. The van der Waals surface area contributed by atoms with Gasteiger partial charge < -0.3 is 14.8 Å². The average molecular weight is 340 g/mol. The van der Waals surface area contributed by atoms with Gasteiger partial charge in [-0.15, -0.1) is 5.10 Å². The molecule has 1 amide bonds. The van der Waals surface area contributed by atoms with Crippen LogP contribution in [0.5, 0.6) is 0 Å². The third-order valence-corrected chi connectivity index (χ3v) is 3.13. The summed E-state index contributed by atoms with van der Waals surface area (Å²) < 4.78 is 12.0. The van der Waals surface area contributed by atoms with Crippen LogP contribution in [-0.4, -0.2) is 53.1 Å². The molecule has 136 valence electrons. The van der Waals surface area contributed by atoms with Gasteiger partial charge >= 0.3 is 0 Å². The predicted molar refractivity (Wildman–Crippen MR) is 88.3 cm³/mol. The zero-order valence-corrected chi connectivity index (χ0v) is 14.8. The number of hydrogen-bond donors (Lipinski definition) is 1. The lowest BCUT2D eigenvalue weighted by Crippen LogP contribution is -2.28. The maximum atomic E-state index is 11.6. The van der Waals surface area contributed by atoms with Crippen molar-refractivity contribution in [3.05, 3.63) is 11.9 Å². The van der Waals surface area contributed by atoms with E-state index in [-0.39, 0.29) is 38.1 Å². The van der Waals surface area contributed by atoms with Crippen molar-refractivity contribution in [3.8, 4) is 0 Å². The number of nitrogens with zero attached hydrogens (tertiary/aromatic N) is 3. The minimum absolute atomic E-state index is 0.0370. The molecule has 1 heterocycles. The highest BCUT2D eigenvalue weighted by Crippen LogP contribution is 2.05. The number of hydrogen-bond acceptors (Lipinski definition) is 6. The van der Waals surface area contributed by atoms with Crippen molar-refractivity contribution in [2.24, 2.45) is 5.92 Å². The molecule has 0 spiro atoms. The Morgan fingerprint density at radius 3 is 2.62 bits per heavy atom. The lowest BCUT2D eigenvalue weighted by atomic mass is 10.1. The number of nitrogens with one attached hydrogen (secondary N) is 1. The standard InChI is InChI=1S/C16H28N4O4/c1-13(2)5-4-6-20-10-15(18-19-20)9-17-16(22)12-24-8-7-23-11-14(3)21/h10,13H,4-9,11-12H2,1-3H3,(H,17,22). The zero-order chi connectivity index (χ0) is 17.8. The SMILES string of the molecule is CC(=O)COCCOCC(=O)NCc1cn(CCCC(C)C)nn1. The summed E-state index contributed by atoms with van der Waals surface area (Å²) in [4.78, 5) is 22.3. The summed E-state index contributed by atoms with van der Waals surface area (Å²) in [7, 11) is 0. The molecule has 24 heavy (non-hydrogen) atoms. The number of rotatable bonds is 13. The third kappa shape index (κ3) is 10.1. The Bertz CT molecular complexity index is 502. The Hall–Kier alpha value is -1.80. The number of Topliss-reactive ketones (excluding diaryl/α,β-unsaturated/α-hetero) is 1. The molecule has 0 radical (unpaired) electrons. The van der Waals surface area contributed by atoms with Crippen molar-refractivity contribution in [2.45, 2.75) is 46.7 Å². The molecular weight excluding hydrogens is 312 g/mol. The van der Waals surface area contributed by atoms with Gasteiger partial charge in [0.25, 0.3) is 0 Å². The molecule has 0 aliphatic rings. The van der Waals surface area contributed by atoms with Crippen molar-refractivity contribution in [2.75, 3.05) is 26.4 Å². The van der Waals surface area contributed by atoms with Crippen LogP contribution in [0.1, 0.15) is 39.3 Å².